The normalized spacial score (nSPS) is 18.9. The maximum Gasteiger partial charge on any atom is 0.407 e. The quantitative estimate of drug-likeness (QED) is 0.769. The number of rotatable bonds is 3. The van der Waals surface area contributed by atoms with Gasteiger partial charge in [-0.25, -0.2) is 4.79 Å². The zero-order chi connectivity index (χ0) is 15.2. The van der Waals surface area contributed by atoms with E-state index in [9.17, 15) is 9.59 Å². The van der Waals surface area contributed by atoms with Crippen molar-refractivity contribution >= 4 is 12.0 Å². The zero-order valence-electron chi connectivity index (χ0n) is 11.5. The third-order valence-corrected chi connectivity index (χ3v) is 3.33. The molecule has 7 nitrogen and oxygen atoms in total. The highest BCUT2D eigenvalue weighted by molar-refractivity contribution is 5.94. The van der Waals surface area contributed by atoms with Gasteiger partial charge in [0, 0.05) is 25.2 Å². The van der Waals surface area contributed by atoms with Crippen LogP contribution in [-0.2, 0) is 4.74 Å². The van der Waals surface area contributed by atoms with E-state index in [2.05, 4.69) is 5.32 Å². The van der Waals surface area contributed by atoms with Crippen molar-refractivity contribution in [1.82, 2.24) is 10.2 Å². The van der Waals surface area contributed by atoms with E-state index in [4.69, 9.17) is 14.9 Å². The summed E-state index contributed by atoms with van der Waals surface area (Å²) in [7, 11) is 0. The summed E-state index contributed by atoms with van der Waals surface area (Å²) in [5, 5.41) is 20.8. The Hall–Kier alpha value is -2.28. The van der Waals surface area contributed by atoms with E-state index in [0.29, 0.717) is 38.2 Å². The molecule has 114 valence electrons. The van der Waals surface area contributed by atoms with Crippen LogP contribution in [0.15, 0.2) is 24.3 Å². The van der Waals surface area contributed by atoms with Gasteiger partial charge in [0.1, 0.15) is 5.75 Å². The Bertz CT molecular complexity index is 503. The van der Waals surface area contributed by atoms with Crippen LogP contribution >= 0.6 is 0 Å². The van der Waals surface area contributed by atoms with E-state index in [-0.39, 0.29) is 17.8 Å². The molecular formula is C14H18N2O5. The number of amides is 2. The first-order valence-corrected chi connectivity index (χ1v) is 6.73. The van der Waals surface area contributed by atoms with Crippen molar-refractivity contribution in [1.29, 1.82) is 0 Å². The van der Waals surface area contributed by atoms with Crippen LogP contribution in [0.2, 0.25) is 0 Å². The fourth-order valence-corrected chi connectivity index (χ4v) is 2.10. The van der Waals surface area contributed by atoms with Gasteiger partial charge >= 0.3 is 6.09 Å². The molecule has 3 N–H and O–H groups in total. The summed E-state index contributed by atoms with van der Waals surface area (Å²) in [5.74, 6) is -0.148. The van der Waals surface area contributed by atoms with Crippen LogP contribution < -0.4 is 5.32 Å². The fourth-order valence-electron chi connectivity index (χ4n) is 2.10. The largest absolute Gasteiger partial charge is 0.508 e. The Morgan fingerprint density at radius 2 is 2.00 bits per heavy atom. The predicted molar refractivity (Wildman–Crippen MR) is 74.4 cm³/mol. The topological polar surface area (TPSA) is 99.1 Å². The van der Waals surface area contributed by atoms with Gasteiger partial charge in [0.2, 0.25) is 0 Å². The van der Waals surface area contributed by atoms with Gasteiger partial charge in [-0.3, -0.25) is 4.79 Å². The summed E-state index contributed by atoms with van der Waals surface area (Å²) in [6.07, 6.45) is -0.606. The minimum absolute atomic E-state index is 0.104. The van der Waals surface area contributed by atoms with Crippen LogP contribution in [-0.4, -0.2) is 59.5 Å². The lowest BCUT2D eigenvalue weighted by Gasteiger charge is -2.16. The van der Waals surface area contributed by atoms with Gasteiger partial charge in [-0.2, -0.15) is 0 Å². The van der Waals surface area contributed by atoms with Crippen molar-refractivity contribution in [3.05, 3.63) is 29.8 Å². The number of carboxylic acid groups (broad SMARTS) is 1. The Kier molecular flexibility index (Phi) is 4.99. The Morgan fingerprint density at radius 3 is 2.67 bits per heavy atom. The molecule has 1 fully saturated rings. The minimum atomic E-state index is -0.952. The number of nitrogens with one attached hydrogen (secondary N) is 1. The molecule has 21 heavy (non-hydrogen) atoms. The molecule has 1 saturated heterocycles. The van der Waals surface area contributed by atoms with E-state index < -0.39 is 6.09 Å². The standard InChI is InChI=1S/C14H18N2O5/c17-11-3-1-10(2-4-11)13(18)15-9-12-5-6-16(14(19)20)7-8-21-12/h1-4,12,17H,5-9H2,(H,15,18)(H,19,20). The van der Waals surface area contributed by atoms with Gasteiger partial charge in [0.25, 0.3) is 5.91 Å². The molecular weight excluding hydrogens is 276 g/mol. The molecule has 0 radical (unpaired) electrons. The third kappa shape index (κ3) is 4.35. The van der Waals surface area contributed by atoms with Crippen molar-refractivity contribution in [2.45, 2.75) is 12.5 Å². The second-order valence-electron chi connectivity index (χ2n) is 4.81. The number of carbonyl (C=O) groups excluding carboxylic acids is 1. The smallest absolute Gasteiger partial charge is 0.407 e. The molecule has 0 aromatic heterocycles. The van der Waals surface area contributed by atoms with E-state index in [1.54, 1.807) is 0 Å². The van der Waals surface area contributed by atoms with E-state index in [1.807, 2.05) is 0 Å². The number of carbonyl (C=O) groups is 2. The Morgan fingerprint density at radius 1 is 1.29 bits per heavy atom. The molecule has 0 bridgehead atoms. The molecule has 0 spiro atoms. The molecule has 1 aliphatic rings. The number of hydrogen-bond acceptors (Lipinski definition) is 4. The fraction of sp³-hybridized carbons (Fsp3) is 0.429. The minimum Gasteiger partial charge on any atom is -0.508 e. The van der Waals surface area contributed by atoms with Gasteiger partial charge < -0.3 is 25.2 Å². The van der Waals surface area contributed by atoms with Crippen LogP contribution in [0.25, 0.3) is 0 Å². The highest BCUT2D eigenvalue weighted by Gasteiger charge is 2.20. The van der Waals surface area contributed by atoms with Crippen LogP contribution in [0.4, 0.5) is 4.79 Å². The van der Waals surface area contributed by atoms with E-state index in [0.717, 1.165) is 0 Å². The highest BCUT2D eigenvalue weighted by Crippen LogP contribution is 2.10. The second-order valence-corrected chi connectivity index (χ2v) is 4.81. The van der Waals surface area contributed by atoms with Gasteiger partial charge in [-0.05, 0) is 30.7 Å². The number of phenols is 1. The maximum absolute atomic E-state index is 11.9. The molecule has 0 aliphatic carbocycles. The lowest BCUT2D eigenvalue weighted by Crippen LogP contribution is -2.34. The summed E-state index contributed by atoms with van der Waals surface area (Å²) >= 11 is 0. The van der Waals surface area contributed by atoms with Crippen molar-refractivity contribution in [3.63, 3.8) is 0 Å². The summed E-state index contributed by atoms with van der Waals surface area (Å²) in [4.78, 5) is 24.1. The lowest BCUT2D eigenvalue weighted by molar-refractivity contribution is 0.0585. The van der Waals surface area contributed by atoms with Crippen molar-refractivity contribution in [3.8, 4) is 5.75 Å². The number of benzene rings is 1. The summed E-state index contributed by atoms with van der Waals surface area (Å²) < 4.78 is 5.53. The molecule has 1 atom stereocenters. The molecule has 1 heterocycles. The monoisotopic (exact) mass is 294 g/mol. The molecule has 2 rings (SSSR count). The zero-order valence-corrected chi connectivity index (χ0v) is 11.5. The first kappa shape index (κ1) is 15.1. The maximum atomic E-state index is 11.9. The third-order valence-electron chi connectivity index (χ3n) is 3.33. The summed E-state index contributed by atoms with van der Waals surface area (Å²) in [6.45, 7) is 1.39. The van der Waals surface area contributed by atoms with E-state index in [1.165, 1.54) is 29.2 Å². The molecule has 1 aliphatic heterocycles. The Labute approximate surface area is 122 Å². The van der Waals surface area contributed by atoms with Crippen LogP contribution in [0.5, 0.6) is 5.75 Å². The molecule has 1 aromatic rings. The number of phenolic OH excluding ortho intramolecular Hbond substituents is 1. The molecule has 1 aromatic carbocycles. The van der Waals surface area contributed by atoms with Gasteiger partial charge in [0.05, 0.1) is 12.7 Å². The number of aromatic hydroxyl groups is 1. The van der Waals surface area contributed by atoms with E-state index >= 15 is 0 Å². The van der Waals surface area contributed by atoms with Gasteiger partial charge in [0.15, 0.2) is 0 Å². The highest BCUT2D eigenvalue weighted by atomic mass is 16.5. The molecule has 7 heteroatoms. The first-order chi connectivity index (χ1) is 10.1. The van der Waals surface area contributed by atoms with Crippen LogP contribution in [0, 0.1) is 0 Å². The number of hydrogen-bond donors (Lipinski definition) is 3. The number of ether oxygens (including phenoxy) is 1. The number of nitrogens with zero attached hydrogens (tertiary/aromatic N) is 1. The van der Waals surface area contributed by atoms with Gasteiger partial charge in [-0.1, -0.05) is 0 Å². The lowest BCUT2D eigenvalue weighted by atomic mass is 10.2. The Balaban J connectivity index is 1.81. The average Bonchev–Trinajstić information content (AvgIpc) is 2.71. The SMILES string of the molecule is O=C(NCC1CCN(C(=O)O)CCO1)c1ccc(O)cc1. The predicted octanol–water partition coefficient (Wildman–Crippen LogP) is 0.891. The molecule has 2 amide bonds. The first-order valence-electron chi connectivity index (χ1n) is 6.73. The summed E-state index contributed by atoms with van der Waals surface area (Å²) in [6, 6.07) is 5.96. The van der Waals surface area contributed by atoms with Crippen LogP contribution in [0.3, 0.4) is 0 Å². The summed E-state index contributed by atoms with van der Waals surface area (Å²) in [5.41, 5.74) is 0.452. The van der Waals surface area contributed by atoms with Gasteiger partial charge in [-0.15, -0.1) is 0 Å². The average molecular weight is 294 g/mol. The second kappa shape index (κ2) is 6.94. The van der Waals surface area contributed by atoms with Crippen molar-refractivity contribution in [2.75, 3.05) is 26.2 Å². The van der Waals surface area contributed by atoms with Crippen molar-refractivity contribution in [2.24, 2.45) is 0 Å². The molecule has 0 saturated carbocycles. The van der Waals surface area contributed by atoms with Crippen LogP contribution in [0.1, 0.15) is 16.8 Å². The van der Waals surface area contributed by atoms with Crippen molar-refractivity contribution < 1.29 is 24.5 Å². The molecule has 1 unspecified atom stereocenters.